The second-order valence-electron chi connectivity index (χ2n) is 7.83. The minimum atomic E-state index is -0.935. The van der Waals surface area contributed by atoms with Gasteiger partial charge in [-0.05, 0) is 36.8 Å². The lowest BCUT2D eigenvalue weighted by Crippen LogP contribution is -2.35. The summed E-state index contributed by atoms with van der Waals surface area (Å²) >= 11 is 6.03. The number of hydrogen-bond acceptors (Lipinski definition) is 6. The van der Waals surface area contributed by atoms with Crippen molar-refractivity contribution in [3.05, 3.63) is 83.0 Å². The van der Waals surface area contributed by atoms with E-state index in [1.165, 1.54) is 25.3 Å². The minimum Gasteiger partial charge on any atom is -0.391 e. The molecule has 2 atom stereocenters. The first-order valence-electron chi connectivity index (χ1n) is 10.4. The van der Waals surface area contributed by atoms with Gasteiger partial charge in [-0.15, -0.1) is 0 Å². The summed E-state index contributed by atoms with van der Waals surface area (Å²) in [5.41, 5.74) is 8.32. The Hall–Kier alpha value is -3.82. The summed E-state index contributed by atoms with van der Waals surface area (Å²) in [7, 11) is 1.78. The number of nitrogens with two attached hydrogens (primary N) is 1. The highest BCUT2D eigenvalue weighted by molar-refractivity contribution is 6.30. The Morgan fingerprint density at radius 3 is 2.65 bits per heavy atom. The number of hydrogen-bond donors (Lipinski definition) is 3. The van der Waals surface area contributed by atoms with Crippen LogP contribution in [0.5, 0.6) is 0 Å². The number of aliphatic hydroxyl groups is 1. The maximum atomic E-state index is 15.0. The normalized spacial score (nSPS) is 12.9. The van der Waals surface area contributed by atoms with Gasteiger partial charge in [0.25, 0.3) is 5.91 Å². The zero-order chi connectivity index (χ0) is 24.4. The third-order valence-corrected chi connectivity index (χ3v) is 5.50. The van der Waals surface area contributed by atoms with E-state index in [1.807, 2.05) is 0 Å². The van der Waals surface area contributed by atoms with Gasteiger partial charge >= 0.3 is 0 Å². The number of benzene rings is 2. The number of aryl methyl sites for hydroxylation is 1. The fraction of sp³-hybridized carbons (Fsp3) is 0.167. The first kappa shape index (κ1) is 23.3. The highest BCUT2D eigenvalue weighted by Gasteiger charge is 2.23. The SMILES string of the molecule is C[C@@H](O)[C@@H](NC(=O)c1ccc(-c2nc(-c3cnn(C)c3)cnc2N)cc1F)c1cccc(Cl)c1. The van der Waals surface area contributed by atoms with Crippen molar-refractivity contribution in [2.45, 2.75) is 19.1 Å². The van der Waals surface area contributed by atoms with Crippen LogP contribution in [0.4, 0.5) is 10.2 Å². The first-order chi connectivity index (χ1) is 16.2. The molecule has 0 fully saturated rings. The van der Waals surface area contributed by atoms with E-state index in [0.29, 0.717) is 21.8 Å². The van der Waals surface area contributed by atoms with Crippen LogP contribution in [-0.4, -0.2) is 36.9 Å². The van der Waals surface area contributed by atoms with Gasteiger partial charge in [0.15, 0.2) is 0 Å². The Labute approximate surface area is 200 Å². The summed E-state index contributed by atoms with van der Waals surface area (Å²) < 4.78 is 16.6. The number of carbonyl (C=O) groups is 1. The van der Waals surface area contributed by atoms with E-state index in [9.17, 15) is 9.90 Å². The van der Waals surface area contributed by atoms with Gasteiger partial charge in [0.2, 0.25) is 0 Å². The van der Waals surface area contributed by atoms with Crippen LogP contribution >= 0.6 is 11.6 Å². The molecular weight excluding hydrogens is 459 g/mol. The molecule has 4 aromatic rings. The average Bonchev–Trinajstić information content (AvgIpc) is 3.23. The molecule has 0 unspecified atom stereocenters. The number of carbonyl (C=O) groups excluding carboxylic acids is 1. The highest BCUT2D eigenvalue weighted by Crippen LogP contribution is 2.28. The van der Waals surface area contributed by atoms with Crippen LogP contribution in [0.2, 0.25) is 5.02 Å². The third kappa shape index (κ3) is 4.90. The zero-order valence-corrected chi connectivity index (χ0v) is 19.2. The maximum absolute atomic E-state index is 15.0. The van der Waals surface area contributed by atoms with Crippen molar-refractivity contribution in [2.75, 3.05) is 5.73 Å². The molecule has 0 aliphatic carbocycles. The third-order valence-electron chi connectivity index (χ3n) is 5.27. The number of amides is 1. The summed E-state index contributed by atoms with van der Waals surface area (Å²) in [6, 6.07) is 10.0. The Morgan fingerprint density at radius 1 is 1.21 bits per heavy atom. The molecule has 0 aliphatic heterocycles. The van der Waals surface area contributed by atoms with Crippen molar-refractivity contribution in [1.29, 1.82) is 0 Å². The molecule has 0 bridgehead atoms. The van der Waals surface area contributed by atoms with Gasteiger partial charge in [-0.2, -0.15) is 5.10 Å². The van der Waals surface area contributed by atoms with E-state index in [2.05, 4.69) is 20.4 Å². The fourth-order valence-electron chi connectivity index (χ4n) is 3.55. The molecule has 0 radical (unpaired) electrons. The predicted octanol–water partition coefficient (Wildman–Crippen LogP) is 3.77. The molecule has 0 saturated heterocycles. The lowest BCUT2D eigenvalue weighted by Gasteiger charge is -2.22. The molecule has 2 aromatic heterocycles. The molecule has 4 rings (SSSR count). The molecule has 2 aromatic carbocycles. The van der Waals surface area contributed by atoms with Gasteiger partial charge in [0, 0.05) is 29.4 Å². The number of nitrogen functional groups attached to an aromatic ring is 1. The molecule has 34 heavy (non-hydrogen) atoms. The minimum absolute atomic E-state index is 0.124. The highest BCUT2D eigenvalue weighted by atomic mass is 35.5. The predicted molar refractivity (Wildman–Crippen MR) is 127 cm³/mol. The molecule has 0 spiro atoms. The topological polar surface area (TPSA) is 119 Å². The van der Waals surface area contributed by atoms with E-state index in [4.69, 9.17) is 17.3 Å². The second kappa shape index (κ2) is 9.58. The molecule has 0 aliphatic rings. The van der Waals surface area contributed by atoms with Crippen LogP contribution in [0.15, 0.2) is 61.1 Å². The number of nitrogens with zero attached hydrogens (tertiary/aromatic N) is 4. The first-order valence-corrected chi connectivity index (χ1v) is 10.8. The number of halogens is 2. The van der Waals surface area contributed by atoms with Crippen LogP contribution in [0.1, 0.15) is 28.9 Å². The zero-order valence-electron chi connectivity index (χ0n) is 18.4. The summed E-state index contributed by atoms with van der Waals surface area (Å²) in [4.78, 5) is 21.5. The van der Waals surface area contributed by atoms with Crippen LogP contribution in [0, 0.1) is 5.82 Å². The van der Waals surface area contributed by atoms with E-state index in [-0.39, 0.29) is 17.1 Å². The number of anilines is 1. The Balaban J connectivity index is 1.61. The van der Waals surface area contributed by atoms with Crippen molar-refractivity contribution >= 4 is 23.3 Å². The van der Waals surface area contributed by atoms with Crippen molar-refractivity contribution in [3.8, 4) is 22.5 Å². The quantitative estimate of drug-likeness (QED) is 0.386. The Morgan fingerprint density at radius 2 is 2.00 bits per heavy atom. The number of nitrogens with one attached hydrogen (secondary N) is 1. The van der Waals surface area contributed by atoms with E-state index in [1.54, 1.807) is 54.5 Å². The monoisotopic (exact) mass is 480 g/mol. The van der Waals surface area contributed by atoms with Crippen molar-refractivity contribution in [3.63, 3.8) is 0 Å². The molecule has 8 nitrogen and oxygen atoms in total. The largest absolute Gasteiger partial charge is 0.391 e. The van der Waals surface area contributed by atoms with Crippen molar-refractivity contribution < 1.29 is 14.3 Å². The Bertz CT molecular complexity index is 1360. The van der Waals surface area contributed by atoms with Gasteiger partial charge in [0.1, 0.15) is 17.3 Å². The standard InChI is InChI=1S/C24H22ClFN6O2/c1-13(33)21(14-4-3-5-17(25)8-14)31-24(34)18-7-6-15(9-19(18)26)22-23(27)28-11-20(30-22)16-10-29-32(2)12-16/h3-13,21,33H,1-2H3,(H2,27,28)(H,31,34)/t13-,21-/m1/s1. The average molecular weight is 481 g/mol. The van der Waals surface area contributed by atoms with Crippen LogP contribution in [-0.2, 0) is 7.05 Å². The van der Waals surface area contributed by atoms with Gasteiger partial charge in [-0.1, -0.05) is 29.8 Å². The van der Waals surface area contributed by atoms with Gasteiger partial charge in [-0.3, -0.25) is 9.48 Å². The molecule has 1 amide bonds. The summed E-state index contributed by atoms with van der Waals surface area (Å²) in [6.45, 7) is 1.53. The van der Waals surface area contributed by atoms with E-state index >= 15 is 4.39 Å². The molecule has 2 heterocycles. The van der Waals surface area contributed by atoms with Crippen LogP contribution in [0.3, 0.4) is 0 Å². The van der Waals surface area contributed by atoms with E-state index in [0.717, 1.165) is 5.56 Å². The smallest absolute Gasteiger partial charge is 0.254 e. The molecule has 4 N–H and O–H groups in total. The molecule has 10 heteroatoms. The number of aliphatic hydroxyl groups excluding tert-OH is 1. The van der Waals surface area contributed by atoms with Crippen molar-refractivity contribution in [2.24, 2.45) is 7.05 Å². The van der Waals surface area contributed by atoms with Gasteiger partial charge in [-0.25, -0.2) is 14.4 Å². The molecular formula is C24H22ClFN6O2. The summed E-state index contributed by atoms with van der Waals surface area (Å²) in [5.74, 6) is -1.32. The van der Waals surface area contributed by atoms with Crippen LogP contribution in [0.25, 0.3) is 22.5 Å². The maximum Gasteiger partial charge on any atom is 0.254 e. The molecule has 0 saturated carbocycles. The second-order valence-corrected chi connectivity index (χ2v) is 8.27. The lowest BCUT2D eigenvalue weighted by atomic mass is 10.0. The van der Waals surface area contributed by atoms with E-state index < -0.39 is 23.9 Å². The number of aromatic nitrogens is 4. The van der Waals surface area contributed by atoms with Crippen LogP contribution < -0.4 is 11.1 Å². The van der Waals surface area contributed by atoms with Crippen molar-refractivity contribution in [1.82, 2.24) is 25.1 Å². The lowest BCUT2D eigenvalue weighted by molar-refractivity contribution is 0.0854. The van der Waals surface area contributed by atoms with Gasteiger partial charge < -0.3 is 16.2 Å². The van der Waals surface area contributed by atoms with Gasteiger partial charge in [0.05, 0.1) is 35.8 Å². The Kier molecular flexibility index (Phi) is 6.58. The summed E-state index contributed by atoms with van der Waals surface area (Å²) in [6.07, 6.45) is 3.99. The fourth-order valence-corrected chi connectivity index (χ4v) is 3.75. The number of rotatable bonds is 6. The summed E-state index contributed by atoms with van der Waals surface area (Å²) in [5, 5.41) is 17.4. The molecule has 174 valence electrons.